The summed E-state index contributed by atoms with van der Waals surface area (Å²) < 4.78 is 5.27. The van der Waals surface area contributed by atoms with E-state index >= 15 is 0 Å². The van der Waals surface area contributed by atoms with Crippen LogP contribution in [-0.2, 0) is 6.42 Å². The topological polar surface area (TPSA) is 100 Å². The molecule has 1 aromatic carbocycles. The fourth-order valence-electron chi connectivity index (χ4n) is 2.83. The minimum Gasteiger partial charge on any atom is -0.394 e. The number of nitrogens with one attached hydrogen (secondary N) is 2. The second-order valence-corrected chi connectivity index (χ2v) is 6.88. The zero-order chi connectivity index (χ0) is 17.9. The Bertz CT molecular complexity index is 714. The summed E-state index contributed by atoms with van der Waals surface area (Å²) in [6.45, 7) is 3.58. The van der Waals surface area contributed by atoms with Crippen LogP contribution in [0.2, 0.25) is 0 Å². The fraction of sp³-hybridized carbons (Fsp3) is 0.500. The van der Waals surface area contributed by atoms with Crippen LogP contribution in [-0.4, -0.2) is 33.4 Å². The summed E-state index contributed by atoms with van der Waals surface area (Å²) in [6, 6.07) is 9.12. The van der Waals surface area contributed by atoms with E-state index in [0.29, 0.717) is 24.1 Å². The Morgan fingerprint density at radius 2 is 2.12 bits per heavy atom. The van der Waals surface area contributed by atoms with Crippen LogP contribution in [0, 0.1) is 5.92 Å². The van der Waals surface area contributed by atoms with Crippen LogP contribution in [0.25, 0.3) is 0 Å². The molecule has 2 atom stereocenters. The highest BCUT2D eigenvalue weighted by molar-refractivity contribution is 5.75. The van der Waals surface area contributed by atoms with Gasteiger partial charge < -0.3 is 20.3 Å². The van der Waals surface area contributed by atoms with E-state index in [1.54, 1.807) is 6.92 Å². The van der Waals surface area contributed by atoms with Crippen LogP contribution in [0.3, 0.4) is 0 Å². The van der Waals surface area contributed by atoms with E-state index in [2.05, 4.69) is 20.8 Å². The molecule has 1 aliphatic carbocycles. The number of aliphatic hydroxyl groups excluding tert-OH is 1. The second-order valence-electron chi connectivity index (χ2n) is 6.88. The summed E-state index contributed by atoms with van der Waals surface area (Å²) in [4.78, 5) is 16.6. The van der Waals surface area contributed by atoms with Crippen LogP contribution < -0.4 is 10.6 Å². The molecule has 2 amide bonds. The monoisotopic (exact) mass is 344 g/mol. The Hall–Kier alpha value is -2.41. The van der Waals surface area contributed by atoms with Crippen LogP contribution in [0.15, 0.2) is 34.9 Å². The number of nitrogens with zero attached hydrogens (tertiary/aromatic N) is 2. The SMILES string of the molecule is CC(NC(=O)NC(C)(CO)C1CC1)c1noc(Cc2ccccc2)n1. The van der Waals surface area contributed by atoms with Crippen molar-refractivity contribution in [3.8, 4) is 0 Å². The molecule has 0 radical (unpaired) electrons. The van der Waals surface area contributed by atoms with Crippen molar-refractivity contribution in [2.24, 2.45) is 5.92 Å². The smallest absolute Gasteiger partial charge is 0.315 e. The number of carbonyl (C=O) groups excluding carboxylic acids is 1. The lowest BCUT2D eigenvalue weighted by Crippen LogP contribution is -2.54. The zero-order valence-corrected chi connectivity index (χ0v) is 14.5. The van der Waals surface area contributed by atoms with Gasteiger partial charge in [-0.3, -0.25) is 0 Å². The Kier molecular flexibility index (Phi) is 5.03. The third kappa shape index (κ3) is 4.36. The highest BCUT2D eigenvalue weighted by Crippen LogP contribution is 2.39. The molecular formula is C18H24N4O3. The van der Waals surface area contributed by atoms with Gasteiger partial charge in [-0.2, -0.15) is 4.98 Å². The van der Waals surface area contributed by atoms with Crippen molar-refractivity contribution in [3.63, 3.8) is 0 Å². The van der Waals surface area contributed by atoms with E-state index in [0.717, 1.165) is 18.4 Å². The first-order valence-electron chi connectivity index (χ1n) is 8.56. The van der Waals surface area contributed by atoms with Gasteiger partial charge in [-0.05, 0) is 38.2 Å². The summed E-state index contributed by atoms with van der Waals surface area (Å²) >= 11 is 0. The van der Waals surface area contributed by atoms with Crippen molar-refractivity contribution >= 4 is 6.03 Å². The lowest BCUT2D eigenvalue weighted by atomic mass is 9.97. The zero-order valence-electron chi connectivity index (χ0n) is 14.5. The molecule has 0 bridgehead atoms. The van der Waals surface area contributed by atoms with Gasteiger partial charge in [-0.25, -0.2) is 4.79 Å². The maximum Gasteiger partial charge on any atom is 0.315 e. The quantitative estimate of drug-likeness (QED) is 0.715. The average molecular weight is 344 g/mol. The molecule has 0 spiro atoms. The summed E-state index contributed by atoms with van der Waals surface area (Å²) in [5, 5.41) is 19.2. The molecule has 2 unspecified atom stereocenters. The van der Waals surface area contributed by atoms with Crippen molar-refractivity contribution in [1.82, 2.24) is 20.8 Å². The van der Waals surface area contributed by atoms with Gasteiger partial charge in [0.15, 0.2) is 5.82 Å². The lowest BCUT2D eigenvalue weighted by Gasteiger charge is -2.29. The van der Waals surface area contributed by atoms with Crippen molar-refractivity contribution < 1.29 is 14.4 Å². The van der Waals surface area contributed by atoms with Gasteiger partial charge >= 0.3 is 6.03 Å². The standard InChI is InChI=1S/C18H24N4O3/c1-12(19-17(24)21-18(2,11-23)14-8-9-14)16-20-15(25-22-16)10-13-6-4-3-5-7-13/h3-7,12,14,23H,8-11H2,1-2H3,(H2,19,21,24). The van der Waals surface area contributed by atoms with Gasteiger partial charge in [-0.1, -0.05) is 35.5 Å². The third-order valence-electron chi connectivity index (χ3n) is 4.62. The van der Waals surface area contributed by atoms with E-state index in [9.17, 15) is 9.90 Å². The Balaban J connectivity index is 1.56. The number of benzene rings is 1. The Labute approximate surface area is 146 Å². The Morgan fingerprint density at radius 1 is 1.40 bits per heavy atom. The van der Waals surface area contributed by atoms with Crippen LogP contribution in [0.1, 0.15) is 50.0 Å². The molecule has 3 N–H and O–H groups in total. The molecule has 1 fully saturated rings. The van der Waals surface area contributed by atoms with Crippen molar-refractivity contribution in [2.45, 2.75) is 44.7 Å². The second kappa shape index (κ2) is 7.23. The van der Waals surface area contributed by atoms with Gasteiger partial charge in [0.1, 0.15) is 0 Å². The summed E-state index contributed by atoms with van der Waals surface area (Å²) in [6.07, 6.45) is 2.61. The molecule has 1 heterocycles. The summed E-state index contributed by atoms with van der Waals surface area (Å²) in [5.74, 6) is 1.27. The van der Waals surface area contributed by atoms with E-state index in [4.69, 9.17) is 4.52 Å². The predicted molar refractivity (Wildman–Crippen MR) is 91.8 cm³/mol. The number of rotatable bonds is 7. The van der Waals surface area contributed by atoms with Crippen molar-refractivity contribution in [1.29, 1.82) is 0 Å². The van der Waals surface area contributed by atoms with E-state index < -0.39 is 11.6 Å². The molecule has 0 saturated heterocycles. The van der Waals surface area contributed by atoms with Crippen molar-refractivity contribution in [3.05, 3.63) is 47.6 Å². The highest BCUT2D eigenvalue weighted by atomic mass is 16.5. The summed E-state index contributed by atoms with van der Waals surface area (Å²) in [5.41, 5.74) is 0.499. The fourth-order valence-corrected chi connectivity index (χ4v) is 2.83. The molecule has 134 valence electrons. The molecule has 1 saturated carbocycles. The molecule has 1 aromatic heterocycles. The van der Waals surface area contributed by atoms with Crippen LogP contribution in [0.5, 0.6) is 0 Å². The molecule has 1 aliphatic rings. The molecule has 3 rings (SSSR count). The van der Waals surface area contributed by atoms with Crippen LogP contribution >= 0.6 is 0 Å². The number of hydrogen-bond donors (Lipinski definition) is 3. The number of carbonyl (C=O) groups is 1. The van der Waals surface area contributed by atoms with E-state index in [1.807, 2.05) is 37.3 Å². The van der Waals surface area contributed by atoms with Gasteiger partial charge in [0.05, 0.1) is 24.6 Å². The predicted octanol–water partition coefficient (Wildman–Crippen LogP) is 2.18. The minimum absolute atomic E-state index is 0.0805. The average Bonchev–Trinajstić information content (AvgIpc) is 3.36. The van der Waals surface area contributed by atoms with Crippen LogP contribution in [0.4, 0.5) is 4.79 Å². The van der Waals surface area contributed by atoms with Gasteiger partial charge in [0, 0.05) is 0 Å². The maximum atomic E-state index is 12.2. The van der Waals surface area contributed by atoms with E-state index in [1.165, 1.54) is 0 Å². The van der Waals surface area contributed by atoms with Gasteiger partial charge in [0.25, 0.3) is 0 Å². The van der Waals surface area contributed by atoms with Gasteiger partial charge in [0.2, 0.25) is 5.89 Å². The molecular weight excluding hydrogens is 320 g/mol. The van der Waals surface area contributed by atoms with Gasteiger partial charge in [-0.15, -0.1) is 0 Å². The minimum atomic E-state index is -0.584. The Morgan fingerprint density at radius 3 is 2.76 bits per heavy atom. The largest absolute Gasteiger partial charge is 0.394 e. The van der Waals surface area contributed by atoms with E-state index in [-0.39, 0.29) is 12.6 Å². The lowest BCUT2D eigenvalue weighted by molar-refractivity contribution is 0.154. The van der Waals surface area contributed by atoms with Crippen molar-refractivity contribution in [2.75, 3.05) is 6.61 Å². The first-order valence-corrected chi connectivity index (χ1v) is 8.56. The molecule has 0 aliphatic heterocycles. The first-order chi connectivity index (χ1) is 12.0. The maximum absolute atomic E-state index is 12.2. The molecule has 2 aromatic rings. The number of amides is 2. The molecule has 7 nitrogen and oxygen atoms in total. The molecule has 25 heavy (non-hydrogen) atoms. The number of aliphatic hydroxyl groups is 1. The molecule has 7 heteroatoms. The summed E-state index contributed by atoms with van der Waals surface area (Å²) in [7, 11) is 0. The normalized spacial score (nSPS) is 17.6. The highest BCUT2D eigenvalue weighted by Gasteiger charge is 2.42. The number of urea groups is 1. The number of hydrogen-bond acceptors (Lipinski definition) is 5. The first kappa shape index (κ1) is 17.4. The third-order valence-corrected chi connectivity index (χ3v) is 4.62. The number of aromatic nitrogens is 2.